The van der Waals surface area contributed by atoms with Crippen LogP contribution in [0.4, 0.5) is 5.82 Å². The monoisotopic (exact) mass is 335 g/mol. The fourth-order valence-corrected chi connectivity index (χ4v) is 2.16. The Labute approximate surface area is 127 Å². The Kier molecular flexibility index (Phi) is 4.95. The molecule has 1 N–H and O–H groups in total. The number of hydrogen-bond donors (Lipinski definition) is 1. The topological polar surface area (TPSA) is 46.9 Å². The highest BCUT2D eigenvalue weighted by Gasteiger charge is 2.09. The number of hydrogen-bond acceptors (Lipinski definition) is 2. The molecule has 0 saturated carbocycles. The lowest BCUT2D eigenvalue weighted by Gasteiger charge is -2.10. The molecule has 0 aliphatic rings. The Morgan fingerprint density at radius 2 is 2.00 bits per heavy atom. The Hall–Kier alpha value is -1.62. The minimum atomic E-state index is 0.0255. The van der Waals surface area contributed by atoms with Crippen LogP contribution in [-0.4, -0.2) is 15.7 Å². The van der Waals surface area contributed by atoms with Gasteiger partial charge in [-0.05, 0) is 23.6 Å². The van der Waals surface area contributed by atoms with E-state index in [-0.39, 0.29) is 5.91 Å². The van der Waals surface area contributed by atoms with Gasteiger partial charge in [0.15, 0.2) is 0 Å². The summed E-state index contributed by atoms with van der Waals surface area (Å²) in [6, 6.07) is 9.87. The fourth-order valence-electron chi connectivity index (χ4n) is 1.89. The number of amides is 1. The molecule has 20 heavy (non-hydrogen) atoms. The first-order valence-corrected chi connectivity index (χ1v) is 7.40. The fraction of sp³-hybridized carbons (Fsp3) is 0.333. The largest absolute Gasteiger partial charge is 0.311 e. The number of aromatic nitrogens is 2. The van der Waals surface area contributed by atoms with E-state index in [4.69, 9.17) is 0 Å². The van der Waals surface area contributed by atoms with E-state index in [9.17, 15) is 4.79 Å². The van der Waals surface area contributed by atoms with Gasteiger partial charge in [-0.1, -0.05) is 41.9 Å². The molecule has 0 bridgehead atoms. The van der Waals surface area contributed by atoms with Crippen molar-refractivity contribution in [3.05, 3.63) is 46.6 Å². The van der Waals surface area contributed by atoms with Crippen molar-refractivity contribution in [3.8, 4) is 0 Å². The van der Waals surface area contributed by atoms with Crippen LogP contribution in [0.3, 0.4) is 0 Å². The van der Waals surface area contributed by atoms with Gasteiger partial charge in [-0.25, -0.2) is 4.68 Å². The number of benzene rings is 1. The van der Waals surface area contributed by atoms with Gasteiger partial charge in [-0.3, -0.25) is 4.79 Å². The second kappa shape index (κ2) is 6.70. The molecule has 0 aliphatic carbocycles. The van der Waals surface area contributed by atoms with Crippen LogP contribution in [0.25, 0.3) is 0 Å². The summed E-state index contributed by atoms with van der Waals surface area (Å²) in [6.45, 7) is 4.69. The third-order valence-electron chi connectivity index (χ3n) is 2.82. The van der Waals surface area contributed by atoms with Crippen molar-refractivity contribution in [2.45, 2.75) is 26.8 Å². The van der Waals surface area contributed by atoms with Crippen LogP contribution in [0.15, 0.2) is 41.0 Å². The molecule has 5 heteroatoms. The van der Waals surface area contributed by atoms with E-state index in [0.717, 1.165) is 15.9 Å². The molecule has 0 unspecified atom stereocenters. The maximum Gasteiger partial charge on any atom is 0.225 e. The second-order valence-electron chi connectivity index (χ2n) is 5.15. The molecule has 1 amide bonds. The smallest absolute Gasteiger partial charge is 0.225 e. The number of carbonyl (C=O) groups excluding carboxylic acids is 1. The highest BCUT2D eigenvalue weighted by atomic mass is 79.9. The summed E-state index contributed by atoms with van der Waals surface area (Å²) in [6.07, 6.45) is 2.22. The summed E-state index contributed by atoms with van der Waals surface area (Å²) < 4.78 is 2.84. The summed E-state index contributed by atoms with van der Waals surface area (Å²) in [5.74, 6) is 1.11. The average Bonchev–Trinajstić information content (AvgIpc) is 2.78. The van der Waals surface area contributed by atoms with E-state index in [1.54, 1.807) is 10.9 Å². The lowest BCUT2D eigenvalue weighted by atomic mass is 10.1. The predicted molar refractivity (Wildman–Crippen MR) is 83.6 cm³/mol. The zero-order valence-corrected chi connectivity index (χ0v) is 13.2. The van der Waals surface area contributed by atoms with Crippen molar-refractivity contribution in [1.29, 1.82) is 0 Å². The van der Waals surface area contributed by atoms with Crippen LogP contribution in [-0.2, 0) is 11.3 Å². The van der Waals surface area contributed by atoms with Gasteiger partial charge in [-0.15, -0.1) is 0 Å². The molecule has 1 aromatic heterocycles. The molecule has 0 aliphatic heterocycles. The third kappa shape index (κ3) is 4.20. The molecule has 2 rings (SSSR count). The number of anilines is 1. The number of nitrogens with zero attached hydrogens (tertiary/aromatic N) is 2. The first-order chi connectivity index (χ1) is 9.54. The number of carbonyl (C=O) groups is 1. The van der Waals surface area contributed by atoms with E-state index in [2.05, 4.69) is 26.3 Å². The van der Waals surface area contributed by atoms with E-state index in [1.807, 2.05) is 44.2 Å². The Morgan fingerprint density at radius 1 is 1.30 bits per heavy atom. The maximum absolute atomic E-state index is 11.8. The summed E-state index contributed by atoms with van der Waals surface area (Å²) >= 11 is 3.41. The lowest BCUT2D eigenvalue weighted by molar-refractivity contribution is -0.116. The van der Waals surface area contributed by atoms with Crippen LogP contribution in [0, 0.1) is 5.92 Å². The quantitative estimate of drug-likeness (QED) is 0.905. The molecule has 106 valence electrons. The average molecular weight is 336 g/mol. The van der Waals surface area contributed by atoms with Crippen molar-refractivity contribution in [3.63, 3.8) is 0 Å². The first-order valence-electron chi connectivity index (χ1n) is 6.60. The Balaban J connectivity index is 2.05. The van der Waals surface area contributed by atoms with Gasteiger partial charge >= 0.3 is 0 Å². The molecule has 0 radical (unpaired) electrons. The standard InChI is InChI=1S/C15H18BrN3O/c1-11(2)9-15(20)18-14-7-8-17-19(14)10-12-3-5-13(16)6-4-12/h3-8,11H,9-10H2,1-2H3,(H,18,20). The minimum Gasteiger partial charge on any atom is -0.311 e. The van der Waals surface area contributed by atoms with Gasteiger partial charge in [0.05, 0.1) is 12.7 Å². The number of rotatable bonds is 5. The van der Waals surface area contributed by atoms with Gasteiger partial charge in [0.1, 0.15) is 5.82 Å². The van der Waals surface area contributed by atoms with Gasteiger partial charge in [-0.2, -0.15) is 5.10 Å². The van der Waals surface area contributed by atoms with Crippen LogP contribution in [0.2, 0.25) is 0 Å². The first kappa shape index (κ1) is 14.8. The normalized spacial score (nSPS) is 10.8. The van der Waals surface area contributed by atoms with Crippen molar-refractivity contribution in [2.24, 2.45) is 5.92 Å². The highest BCUT2D eigenvalue weighted by molar-refractivity contribution is 9.10. The molecule has 4 nitrogen and oxygen atoms in total. The Morgan fingerprint density at radius 3 is 2.65 bits per heavy atom. The number of halogens is 1. The predicted octanol–water partition coefficient (Wildman–Crippen LogP) is 3.68. The second-order valence-corrected chi connectivity index (χ2v) is 6.06. The zero-order valence-electron chi connectivity index (χ0n) is 11.6. The van der Waals surface area contributed by atoms with Crippen LogP contribution in [0.1, 0.15) is 25.8 Å². The van der Waals surface area contributed by atoms with E-state index >= 15 is 0 Å². The summed E-state index contributed by atoms with van der Waals surface area (Å²) in [7, 11) is 0. The van der Waals surface area contributed by atoms with Crippen molar-refractivity contribution in [1.82, 2.24) is 9.78 Å². The van der Waals surface area contributed by atoms with Crippen molar-refractivity contribution < 1.29 is 4.79 Å². The molecule has 1 aromatic carbocycles. The third-order valence-corrected chi connectivity index (χ3v) is 3.35. The molecular weight excluding hydrogens is 318 g/mol. The molecule has 0 atom stereocenters. The van der Waals surface area contributed by atoms with Gasteiger partial charge < -0.3 is 5.32 Å². The van der Waals surface area contributed by atoms with Gasteiger partial charge in [0, 0.05) is 17.0 Å². The summed E-state index contributed by atoms with van der Waals surface area (Å²) in [4.78, 5) is 11.8. The van der Waals surface area contributed by atoms with Crippen molar-refractivity contribution >= 4 is 27.7 Å². The molecule has 0 spiro atoms. The molecule has 1 heterocycles. The van der Waals surface area contributed by atoms with Gasteiger partial charge in [0.2, 0.25) is 5.91 Å². The van der Waals surface area contributed by atoms with E-state index in [1.165, 1.54) is 0 Å². The maximum atomic E-state index is 11.8. The SMILES string of the molecule is CC(C)CC(=O)Nc1ccnn1Cc1ccc(Br)cc1. The Bertz CT molecular complexity index is 575. The van der Waals surface area contributed by atoms with E-state index < -0.39 is 0 Å². The summed E-state index contributed by atoms with van der Waals surface area (Å²) in [5.41, 5.74) is 1.14. The summed E-state index contributed by atoms with van der Waals surface area (Å²) in [5, 5.41) is 7.16. The van der Waals surface area contributed by atoms with E-state index in [0.29, 0.717) is 18.9 Å². The molecule has 0 fully saturated rings. The molecule has 0 saturated heterocycles. The van der Waals surface area contributed by atoms with Crippen LogP contribution < -0.4 is 5.32 Å². The highest BCUT2D eigenvalue weighted by Crippen LogP contribution is 2.14. The molecular formula is C15H18BrN3O. The zero-order chi connectivity index (χ0) is 14.5. The number of nitrogens with one attached hydrogen (secondary N) is 1. The van der Waals surface area contributed by atoms with Gasteiger partial charge in [0.25, 0.3) is 0 Å². The lowest BCUT2D eigenvalue weighted by Crippen LogP contribution is -2.17. The molecule has 2 aromatic rings. The van der Waals surface area contributed by atoms with Crippen LogP contribution in [0.5, 0.6) is 0 Å². The van der Waals surface area contributed by atoms with Crippen LogP contribution >= 0.6 is 15.9 Å². The minimum absolute atomic E-state index is 0.0255. The van der Waals surface area contributed by atoms with Crippen molar-refractivity contribution in [2.75, 3.05) is 5.32 Å².